The third kappa shape index (κ3) is 6.73. The first kappa shape index (κ1) is 23.7. The summed E-state index contributed by atoms with van der Waals surface area (Å²) in [4.78, 5) is 6.80. The molecule has 2 N–H and O–H groups in total. The average Bonchev–Trinajstić information content (AvgIpc) is 2.72. The van der Waals surface area contributed by atoms with Gasteiger partial charge in [-0.3, -0.25) is 9.89 Å². The molecular weight excluding hydrogens is 491 g/mol. The van der Waals surface area contributed by atoms with Crippen molar-refractivity contribution >= 4 is 41.5 Å². The highest BCUT2D eigenvalue weighted by Crippen LogP contribution is 2.35. The molecule has 28 heavy (non-hydrogen) atoms. The number of guanidine groups is 1. The summed E-state index contributed by atoms with van der Waals surface area (Å²) in [5.74, 6) is 0.844. The molecule has 0 radical (unpaired) electrons. The van der Waals surface area contributed by atoms with Crippen molar-refractivity contribution < 1.29 is 9.47 Å². The molecule has 3 rings (SSSR count). The van der Waals surface area contributed by atoms with Crippen LogP contribution in [0, 0.1) is 0 Å². The number of halogens is 2. The molecule has 8 heteroatoms. The standard InChI is InChI=1S/C20H31ClN4O2.HI/c1-22-19(23-7-8-25-9-13-27-14-10-25)24-16-20(5-11-26-12-6-20)17-3-2-4-18(21)15-17;/h2-4,15H,5-14,16H2,1H3,(H2,22,23,24);1H. The molecule has 2 heterocycles. The van der Waals surface area contributed by atoms with Gasteiger partial charge in [0.05, 0.1) is 13.2 Å². The topological polar surface area (TPSA) is 58.1 Å². The van der Waals surface area contributed by atoms with Gasteiger partial charge in [0.2, 0.25) is 0 Å². The quantitative estimate of drug-likeness (QED) is 0.342. The molecule has 2 saturated heterocycles. The van der Waals surface area contributed by atoms with Crippen LogP contribution in [-0.2, 0) is 14.9 Å². The van der Waals surface area contributed by atoms with Crippen molar-refractivity contribution in [3.8, 4) is 0 Å². The fraction of sp³-hybridized carbons (Fsp3) is 0.650. The SMILES string of the molecule is CN=C(NCCN1CCOCC1)NCC1(c2cccc(Cl)c2)CCOCC1.I. The van der Waals surface area contributed by atoms with Gasteiger partial charge in [0, 0.05) is 63.4 Å². The van der Waals surface area contributed by atoms with E-state index >= 15 is 0 Å². The van der Waals surface area contributed by atoms with E-state index in [1.54, 1.807) is 0 Å². The van der Waals surface area contributed by atoms with Crippen LogP contribution in [0.25, 0.3) is 0 Å². The summed E-state index contributed by atoms with van der Waals surface area (Å²) in [5, 5.41) is 7.75. The monoisotopic (exact) mass is 522 g/mol. The van der Waals surface area contributed by atoms with Gasteiger partial charge in [-0.05, 0) is 30.5 Å². The van der Waals surface area contributed by atoms with Gasteiger partial charge >= 0.3 is 0 Å². The molecule has 2 aliphatic rings. The Morgan fingerprint density at radius 3 is 2.54 bits per heavy atom. The van der Waals surface area contributed by atoms with Crippen molar-refractivity contribution in [2.24, 2.45) is 4.99 Å². The van der Waals surface area contributed by atoms with Gasteiger partial charge in [-0.2, -0.15) is 0 Å². The van der Waals surface area contributed by atoms with Crippen LogP contribution in [0.4, 0.5) is 0 Å². The molecule has 2 fully saturated rings. The molecule has 0 amide bonds. The molecule has 0 unspecified atom stereocenters. The van der Waals surface area contributed by atoms with Crippen molar-refractivity contribution in [3.05, 3.63) is 34.9 Å². The molecule has 0 spiro atoms. The fourth-order valence-electron chi connectivity index (χ4n) is 3.78. The van der Waals surface area contributed by atoms with Gasteiger partial charge in [0.15, 0.2) is 5.96 Å². The normalized spacial score (nSPS) is 20.3. The highest BCUT2D eigenvalue weighted by atomic mass is 127. The van der Waals surface area contributed by atoms with Crippen molar-refractivity contribution in [3.63, 3.8) is 0 Å². The van der Waals surface area contributed by atoms with Crippen LogP contribution < -0.4 is 10.6 Å². The van der Waals surface area contributed by atoms with E-state index in [4.69, 9.17) is 21.1 Å². The summed E-state index contributed by atoms with van der Waals surface area (Å²) < 4.78 is 11.0. The molecule has 2 aliphatic heterocycles. The van der Waals surface area contributed by atoms with E-state index in [1.165, 1.54) is 5.56 Å². The second kappa shape index (κ2) is 12.2. The predicted molar refractivity (Wildman–Crippen MR) is 125 cm³/mol. The maximum absolute atomic E-state index is 6.26. The van der Waals surface area contributed by atoms with Crippen LogP contribution in [0.2, 0.25) is 5.02 Å². The van der Waals surface area contributed by atoms with E-state index in [-0.39, 0.29) is 29.4 Å². The number of nitrogens with one attached hydrogen (secondary N) is 2. The zero-order valence-corrected chi connectivity index (χ0v) is 19.7. The maximum atomic E-state index is 6.26. The number of rotatable bonds is 6. The Balaban J connectivity index is 0.00000280. The summed E-state index contributed by atoms with van der Waals surface area (Å²) >= 11 is 6.26. The van der Waals surface area contributed by atoms with Crippen LogP contribution in [-0.4, -0.2) is 77.1 Å². The Morgan fingerprint density at radius 2 is 1.86 bits per heavy atom. The lowest BCUT2D eigenvalue weighted by atomic mass is 9.74. The lowest BCUT2D eigenvalue weighted by Gasteiger charge is -2.38. The lowest BCUT2D eigenvalue weighted by molar-refractivity contribution is 0.0388. The van der Waals surface area contributed by atoms with E-state index < -0.39 is 0 Å². The number of hydrogen-bond acceptors (Lipinski definition) is 4. The molecular formula is C20H32ClIN4O2. The van der Waals surface area contributed by atoms with Crippen molar-refractivity contribution in [2.75, 3.05) is 66.2 Å². The molecule has 0 saturated carbocycles. The molecule has 0 aliphatic carbocycles. The fourth-order valence-corrected chi connectivity index (χ4v) is 3.97. The summed E-state index contributed by atoms with van der Waals surface area (Å²) in [7, 11) is 1.82. The average molecular weight is 523 g/mol. The summed E-state index contributed by atoms with van der Waals surface area (Å²) in [5.41, 5.74) is 1.29. The third-order valence-electron chi connectivity index (χ3n) is 5.53. The first-order chi connectivity index (χ1) is 13.2. The number of morpholine rings is 1. The smallest absolute Gasteiger partial charge is 0.191 e. The van der Waals surface area contributed by atoms with E-state index in [2.05, 4.69) is 32.7 Å². The molecule has 1 aromatic carbocycles. The van der Waals surface area contributed by atoms with Gasteiger partial charge in [0.25, 0.3) is 0 Å². The van der Waals surface area contributed by atoms with Crippen molar-refractivity contribution in [1.82, 2.24) is 15.5 Å². The van der Waals surface area contributed by atoms with E-state index in [0.717, 1.165) is 83.0 Å². The second-order valence-electron chi connectivity index (χ2n) is 7.21. The van der Waals surface area contributed by atoms with Crippen LogP contribution in [0.15, 0.2) is 29.3 Å². The number of ether oxygens (including phenoxy) is 2. The maximum Gasteiger partial charge on any atom is 0.191 e. The van der Waals surface area contributed by atoms with Crippen LogP contribution in [0.5, 0.6) is 0 Å². The Labute approximate surface area is 190 Å². The number of aliphatic imine (C=N–C) groups is 1. The summed E-state index contributed by atoms with van der Waals surface area (Å²) in [6.45, 7) is 7.90. The number of hydrogen-bond donors (Lipinski definition) is 2. The predicted octanol–water partition coefficient (Wildman–Crippen LogP) is 2.50. The summed E-state index contributed by atoms with van der Waals surface area (Å²) in [6, 6.07) is 8.22. The Kier molecular flexibility index (Phi) is 10.3. The van der Waals surface area contributed by atoms with E-state index in [0.29, 0.717) is 0 Å². The second-order valence-corrected chi connectivity index (χ2v) is 7.65. The Hall–Kier alpha value is -0.610. The van der Waals surface area contributed by atoms with E-state index in [1.807, 2.05) is 19.2 Å². The lowest BCUT2D eigenvalue weighted by Crippen LogP contribution is -2.49. The molecule has 0 atom stereocenters. The molecule has 1 aromatic rings. The molecule has 0 bridgehead atoms. The van der Waals surface area contributed by atoms with Crippen molar-refractivity contribution in [2.45, 2.75) is 18.3 Å². The van der Waals surface area contributed by atoms with E-state index in [9.17, 15) is 0 Å². The van der Waals surface area contributed by atoms with Gasteiger partial charge in [0.1, 0.15) is 0 Å². The van der Waals surface area contributed by atoms with Crippen LogP contribution in [0.1, 0.15) is 18.4 Å². The minimum absolute atomic E-state index is 0. The minimum Gasteiger partial charge on any atom is -0.381 e. The Bertz CT molecular complexity index is 620. The largest absolute Gasteiger partial charge is 0.381 e. The summed E-state index contributed by atoms with van der Waals surface area (Å²) in [6.07, 6.45) is 1.95. The Morgan fingerprint density at radius 1 is 1.14 bits per heavy atom. The van der Waals surface area contributed by atoms with Gasteiger partial charge < -0.3 is 20.1 Å². The number of nitrogens with zero attached hydrogens (tertiary/aromatic N) is 2. The molecule has 6 nitrogen and oxygen atoms in total. The van der Waals surface area contributed by atoms with Crippen molar-refractivity contribution in [1.29, 1.82) is 0 Å². The van der Waals surface area contributed by atoms with Gasteiger partial charge in [-0.25, -0.2) is 0 Å². The highest BCUT2D eigenvalue weighted by Gasteiger charge is 2.34. The third-order valence-corrected chi connectivity index (χ3v) is 5.76. The molecule has 158 valence electrons. The zero-order valence-electron chi connectivity index (χ0n) is 16.6. The minimum atomic E-state index is 0. The van der Waals surface area contributed by atoms with Gasteiger partial charge in [-0.1, -0.05) is 23.7 Å². The van der Waals surface area contributed by atoms with Gasteiger partial charge in [-0.15, -0.1) is 24.0 Å². The molecule has 0 aromatic heterocycles. The first-order valence-corrected chi connectivity index (χ1v) is 10.2. The first-order valence-electron chi connectivity index (χ1n) is 9.80. The highest BCUT2D eigenvalue weighted by molar-refractivity contribution is 14.0. The zero-order chi connectivity index (χ0) is 19.0. The number of benzene rings is 1. The van der Waals surface area contributed by atoms with Crippen LogP contribution >= 0.6 is 35.6 Å². The van der Waals surface area contributed by atoms with Crippen LogP contribution in [0.3, 0.4) is 0 Å².